The summed E-state index contributed by atoms with van der Waals surface area (Å²) in [6.07, 6.45) is -1.83. The van der Waals surface area contributed by atoms with Gasteiger partial charge in [0.25, 0.3) is 0 Å². The second-order valence-corrected chi connectivity index (χ2v) is 5.60. The van der Waals surface area contributed by atoms with Gasteiger partial charge in [0.05, 0.1) is 24.1 Å². The third-order valence-corrected chi connectivity index (χ3v) is 3.53. The van der Waals surface area contributed by atoms with Crippen LogP contribution in [0.1, 0.15) is 22.4 Å². The maximum Gasteiger partial charge on any atom is 0.416 e. The van der Waals surface area contributed by atoms with E-state index in [1.165, 1.54) is 24.5 Å². The van der Waals surface area contributed by atoms with E-state index in [4.69, 9.17) is 12.2 Å². The van der Waals surface area contributed by atoms with Gasteiger partial charge in [0.15, 0.2) is 5.11 Å². The number of aromatic nitrogens is 1. The molecule has 138 valence electrons. The van der Waals surface area contributed by atoms with Gasteiger partial charge >= 0.3 is 6.18 Å². The molecule has 1 heterocycles. The molecule has 0 saturated carbocycles. The molecule has 0 spiro atoms. The van der Waals surface area contributed by atoms with Gasteiger partial charge in [-0.1, -0.05) is 6.07 Å². The van der Waals surface area contributed by atoms with E-state index in [1.54, 1.807) is 6.92 Å². The molecule has 0 radical (unpaired) electrons. The van der Waals surface area contributed by atoms with Gasteiger partial charge < -0.3 is 15.5 Å². The molecule has 0 aliphatic carbocycles. The summed E-state index contributed by atoms with van der Waals surface area (Å²) in [7, 11) is 0. The van der Waals surface area contributed by atoms with Gasteiger partial charge in [-0.2, -0.15) is 18.3 Å². The highest BCUT2D eigenvalue weighted by Gasteiger charge is 2.30. The third-order valence-electron chi connectivity index (χ3n) is 3.34. The fourth-order valence-electron chi connectivity index (χ4n) is 2.01. The first kappa shape index (κ1) is 19.6. The monoisotopic (exact) mass is 384 g/mol. The number of hydrazone groups is 1. The number of pyridine rings is 1. The Morgan fingerprint density at radius 3 is 2.77 bits per heavy atom. The van der Waals surface area contributed by atoms with Gasteiger partial charge in [-0.15, -0.1) is 0 Å². The lowest BCUT2D eigenvalue weighted by molar-refractivity contribution is -0.137. The first-order valence-corrected chi connectivity index (χ1v) is 7.69. The molecule has 0 aliphatic rings. The van der Waals surface area contributed by atoms with Crippen molar-refractivity contribution < 1.29 is 23.4 Å². The van der Waals surface area contributed by atoms with Crippen molar-refractivity contribution >= 4 is 29.2 Å². The molecule has 2 rings (SSSR count). The maximum atomic E-state index is 12.7. The standard InChI is InChI=1S/C16H15F3N4O2S/c1-9-14(25)13(10(8-24)6-20-9)7-21-23-15(26)22-12-4-2-3-11(5-12)16(17,18)19/h2-7,24-25H,8H2,1H3,(H2,22,23,26)/b21-7+. The maximum absolute atomic E-state index is 12.7. The Hall–Kier alpha value is -2.72. The second kappa shape index (κ2) is 8.11. The summed E-state index contributed by atoms with van der Waals surface area (Å²) < 4.78 is 38.1. The Labute approximate surface area is 152 Å². The molecule has 0 bridgehead atoms. The first-order chi connectivity index (χ1) is 12.2. The molecule has 0 atom stereocenters. The van der Waals surface area contributed by atoms with E-state index in [0.29, 0.717) is 11.3 Å². The van der Waals surface area contributed by atoms with Crippen LogP contribution in [0.3, 0.4) is 0 Å². The van der Waals surface area contributed by atoms with E-state index in [-0.39, 0.29) is 28.7 Å². The molecule has 10 heteroatoms. The lowest BCUT2D eigenvalue weighted by Crippen LogP contribution is -2.24. The number of halogens is 3. The Bertz CT molecular complexity index is 841. The number of aryl methyl sites for hydroxylation is 1. The van der Waals surface area contributed by atoms with E-state index < -0.39 is 11.7 Å². The van der Waals surface area contributed by atoms with Gasteiger partial charge in [-0.3, -0.25) is 10.4 Å². The molecule has 26 heavy (non-hydrogen) atoms. The molecular weight excluding hydrogens is 369 g/mol. The molecule has 1 aromatic carbocycles. The lowest BCUT2D eigenvalue weighted by atomic mass is 10.1. The predicted molar refractivity (Wildman–Crippen MR) is 95.0 cm³/mol. The van der Waals surface area contributed by atoms with Crippen molar-refractivity contribution in [2.75, 3.05) is 5.32 Å². The zero-order valence-corrected chi connectivity index (χ0v) is 14.3. The van der Waals surface area contributed by atoms with E-state index in [0.717, 1.165) is 12.1 Å². The Balaban J connectivity index is 2.06. The summed E-state index contributed by atoms with van der Waals surface area (Å²) in [5, 5.41) is 25.6. The summed E-state index contributed by atoms with van der Waals surface area (Å²) >= 11 is 4.97. The van der Waals surface area contributed by atoms with E-state index in [2.05, 4.69) is 20.8 Å². The van der Waals surface area contributed by atoms with Gasteiger partial charge in [-0.05, 0) is 37.3 Å². The average molecular weight is 384 g/mol. The highest BCUT2D eigenvalue weighted by Crippen LogP contribution is 2.30. The number of thiocarbonyl (C=S) groups is 1. The highest BCUT2D eigenvalue weighted by atomic mass is 32.1. The van der Waals surface area contributed by atoms with Crippen LogP contribution in [0, 0.1) is 6.92 Å². The lowest BCUT2D eigenvalue weighted by Gasteiger charge is -2.11. The molecule has 1 aromatic heterocycles. The van der Waals surface area contributed by atoms with E-state index in [1.807, 2.05) is 0 Å². The summed E-state index contributed by atoms with van der Waals surface area (Å²) in [6, 6.07) is 4.54. The Morgan fingerprint density at radius 2 is 2.12 bits per heavy atom. The van der Waals surface area contributed by atoms with Crippen LogP contribution in [0.4, 0.5) is 18.9 Å². The number of aliphatic hydroxyl groups is 1. The zero-order valence-electron chi connectivity index (χ0n) is 13.5. The molecule has 0 amide bonds. The van der Waals surface area contributed by atoms with Crippen molar-refractivity contribution in [2.24, 2.45) is 5.10 Å². The number of hydrogen-bond donors (Lipinski definition) is 4. The Kier molecular flexibility index (Phi) is 6.11. The SMILES string of the molecule is Cc1ncc(CO)c(/C=N/NC(=S)Nc2cccc(C(F)(F)F)c2)c1O. The van der Waals surface area contributed by atoms with Crippen molar-refractivity contribution in [3.8, 4) is 5.75 Å². The van der Waals surface area contributed by atoms with Gasteiger partial charge in [-0.25, -0.2) is 0 Å². The minimum atomic E-state index is -4.46. The van der Waals surface area contributed by atoms with Gasteiger partial charge in [0.1, 0.15) is 5.75 Å². The van der Waals surface area contributed by atoms with Crippen molar-refractivity contribution in [3.05, 3.63) is 52.8 Å². The van der Waals surface area contributed by atoms with Crippen LogP contribution in [0.25, 0.3) is 0 Å². The molecule has 2 aromatic rings. The smallest absolute Gasteiger partial charge is 0.416 e. The second-order valence-electron chi connectivity index (χ2n) is 5.19. The number of hydrogen-bond acceptors (Lipinski definition) is 5. The van der Waals surface area contributed by atoms with Crippen molar-refractivity contribution in [3.63, 3.8) is 0 Å². The van der Waals surface area contributed by atoms with Crippen LogP contribution >= 0.6 is 12.2 Å². The third kappa shape index (κ3) is 4.90. The van der Waals surface area contributed by atoms with Gasteiger partial charge in [0.2, 0.25) is 0 Å². The van der Waals surface area contributed by atoms with Crippen LogP contribution in [-0.4, -0.2) is 26.5 Å². The predicted octanol–water partition coefficient (Wildman–Crippen LogP) is 2.93. The van der Waals surface area contributed by atoms with Crippen LogP contribution in [0.15, 0.2) is 35.6 Å². The van der Waals surface area contributed by atoms with Crippen LogP contribution in [-0.2, 0) is 12.8 Å². The van der Waals surface area contributed by atoms with Crippen molar-refractivity contribution in [1.82, 2.24) is 10.4 Å². The summed E-state index contributed by atoms with van der Waals surface area (Å²) in [5.41, 5.74) is 2.74. The van der Waals surface area contributed by atoms with Crippen molar-refractivity contribution in [2.45, 2.75) is 19.7 Å². The molecule has 0 unspecified atom stereocenters. The van der Waals surface area contributed by atoms with E-state index in [9.17, 15) is 23.4 Å². The number of anilines is 1. The normalized spacial score (nSPS) is 11.6. The number of aromatic hydroxyl groups is 1. The molecule has 0 saturated heterocycles. The number of nitrogens with one attached hydrogen (secondary N) is 2. The molecule has 6 nitrogen and oxygen atoms in total. The van der Waals surface area contributed by atoms with Crippen molar-refractivity contribution in [1.29, 1.82) is 0 Å². The summed E-state index contributed by atoms with van der Waals surface area (Å²) in [4.78, 5) is 3.92. The molecular formula is C16H15F3N4O2S. The van der Waals surface area contributed by atoms with Gasteiger partial charge in [0, 0.05) is 23.0 Å². The highest BCUT2D eigenvalue weighted by molar-refractivity contribution is 7.80. The summed E-state index contributed by atoms with van der Waals surface area (Å²) in [6.45, 7) is 1.23. The quantitative estimate of drug-likeness (QED) is 0.368. The topological polar surface area (TPSA) is 89.8 Å². The van der Waals surface area contributed by atoms with Crippen LogP contribution < -0.4 is 10.7 Å². The zero-order chi connectivity index (χ0) is 19.3. The number of benzene rings is 1. The minimum absolute atomic E-state index is 0.0450. The largest absolute Gasteiger partial charge is 0.505 e. The van der Waals surface area contributed by atoms with Crippen LogP contribution in [0.2, 0.25) is 0 Å². The Morgan fingerprint density at radius 1 is 1.38 bits per heavy atom. The first-order valence-electron chi connectivity index (χ1n) is 7.28. The number of alkyl halides is 3. The number of nitrogens with zero attached hydrogens (tertiary/aromatic N) is 2. The number of aliphatic hydroxyl groups excluding tert-OH is 1. The average Bonchev–Trinajstić information content (AvgIpc) is 2.58. The fraction of sp³-hybridized carbons (Fsp3) is 0.188. The fourth-order valence-corrected chi connectivity index (χ4v) is 2.18. The molecule has 0 fully saturated rings. The van der Waals surface area contributed by atoms with E-state index >= 15 is 0 Å². The molecule has 0 aliphatic heterocycles. The number of rotatable bonds is 4. The van der Waals surface area contributed by atoms with Crippen LogP contribution in [0.5, 0.6) is 5.75 Å². The molecule has 4 N–H and O–H groups in total. The minimum Gasteiger partial charge on any atom is -0.505 e. The summed E-state index contributed by atoms with van der Waals surface area (Å²) in [5.74, 6) is -0.140.